The van der Waals surface area contributed by atoms with Crippen LogP contribution in [0.4, 0.5) is 0 Å². The number of Topliss-reactive ketones (excluding diaryl/α,β-unsaturated/α-hetero) is 3. The summed E-state index contributed by atoms with van der Waals surface area (Å²) in [6.07, 6.45) is 0. The van der Waals surface area contributed by atoms with E-state index in [9.17, 15) is 29.4 Å². The van der Waals surface area contributed by atoms with Crippen molar-refractivity contribution in [1.29, 1.82) is 0 Å². The van der Waals surface area contributed by atoms with E-state index in [-0.39, 0.29) is 22.4 Å². The molecular formula is C19H10O7. The van der Waals surface area contributed by atoms with Crippen molar-refractivity contribution in [3.63, 3.8) is 0 Å². The van der Waals surface area contributed by atoms with Crippen molar-refractivity contribution in [2.75, 3.05) is 0 Å². The summed E-state index contributed by atoms with van der Waals surface area (Å²) in [5, 5.41) is 19.9. The molecule has 1 fully saturated rings. The van der Waals surface area contributed by atoms with Gasteiger partial charge in [-0.05, 0) is 24.3 Å². The smallest absolute Gasteiger partial charge is 0.381 e. The lowest BCUT2D eigenvalue weighted by atomic mass is 9.85. The third-order valence-electron chi connectivity index (χ3n) is 4.44. The summed E-state index contributed by atoms with van der Waals surface area (Å²) in [7, 11) is 0. The Morgan fingerprint density at radius 2 is 1.38 bits per heavy atom. The standard InChI is InChI=1S/C19H10O7/c20-10-7-5-9(6-8-10)14(21)13-15(22)18(25)26-19(13)16(23)11-3-1-2-4-12(11)17(19)24/h1-8,20-21H. The third-order valence-corrected chi connectivity index (χ3v) is 4.44. The quantitative estimate of drug-likeness (QED) is 0.264. The van der Waals surface area contributed by atoms with Gasteiger partial charge in [0.05, 0.1) is 0 Å². The number of benzene rings is 2. The van der Waals surface area contributed by atoms with Crippen molar-refractivity contribution in [3.8, 4) is 5.75 Å². The maximum absolute atomic E-state index is 12.9. The highest BCUT2D eigenvalue weighted by atomic mass is 16.6. The molecule has 1 heterocycles. The lowest BCUT2D eigenvalue weighted by Gasteiger charge is -2.20. The minimum atomic E-state index is -2.51. The SMILES string of the molecule is O=C1OC2(C(=O)c3ccccc3C2=O)C(=C(O)c2ccc(O)cc2)C1=O. The number of carbonyl (C=O) groups excluding carboxylic acids is 4. The Balaban J connectivity index is 1.99. The number of carbonyl (C=O) groups is 4. The van der Waals surface area contributed by atoms with Gasteiger partial charge in [0.25, 0.3) is 11.4 Å². The molecule has 2 aromatic carbocycles. The van der Waals surface area contributed by atoms with Crippen LogP contribution < -0.4 is 0 Å². The van der Waals surface area contributed by atoms with Crippen molar-refractivity contribution in [3.05, 3.63) is 70.8 Å². The zero-order valence-electron chi connectivity index (χ0n) is 13.1. The van der Waals surface area contributed by atoms with E-state index < -0.39 is 40.3 Å². The van der Waals surface area contributed by atoms with Crippen molar-refractivity contribution in [2.45, 2.75) is 5.60 Å². The molecule has 2 aliphatic rings. The van der Waals surface area contributed by atoms with Gasteiger partial charge in [-0.25, -0.2) is 4.79 Å². The van der Waals surface area contributed by atoms with Gasteiger partial charge in [-0.1, -0.05) is 24.3 Å². The van der Waals surface area contributed by atoms with Crippen LogP contribution in [0.2, 0.25) is 0 Å². The monoisotopic (exact) mass is 350 g/mol. The number of ether oxygens (including phenoxy) is 1. The Hall–Kier alpha value is -3.74. The number of phenolic OH excluding ortho intramolecular Hbond substituents is 1. The number of fused-ring (bicyclic) bond motifs is 1. The molecule has 1 aliphatic heterocycles. The third kappa shape index (κ3) is 1.82. The van der Waals surface area contributed by atoms with Gasteiger partial charge in [0.1, 0.15) is 17.1 Å². The highest BCUT2D eigenvalue weighted by Crippen LogP contribution is 2.44. The lowest BCUT2D eigenvalue weighted by Crippen LogP contribution is -2.43. The van der Waals surface area contributed by atoms with Crippen LogP contribution in [0.25, 0.3) is 5.76 Å². The molecule has 128 valence electrons. The second-order valence-corrected chi connectivity index (χ2v) is 5.87. The molecule has 7 heteroatoms. The van der Waals surface area contributed by atoms with Gasteiger partial charge in [0.15, 0.2) is 0 Å². The van der Waals surface area contributed by atoms with Crippen LogP contribution in [-0.4, -0.2) is 39.1 Å². The second-order valence-electron chi connectivity index (χ2n) is 5.87. The molecule has 2 aromatic rings. The average molecular weight is 350 g/mol. The second kappa shape index (κ2) is 5.13. The molecule has 26 heavy (non-hydrogen) atoms. The van der Waals surface area contributed by atoms with Gasteiger partial charge in [0, 0.05) is 16.7 Å². The predicted molar refractivity (Wildman–Crippen MR) is 86.6 cm³/mol. The number of phenols is 1. The summed E-state index contributed by atoms with van der Waals surface area (Å²) in [6.45, 7) is 0. The van der Waals surface area contributed by atoms with E-state index in [0.717, 1.165) is 0 Å². The molecule has 1 aliphatic carbocycles. The molecule has 1 spiro atoms. The van der Waals surface area contributed by atoms with E-state index in [1.54, 1.807) is 0 Å². The molecule has 4 rings (SSSR count). The molecule has 2 N–H and O–H groups in total. The Kier molecular flexibility index (Phi) is 3.11. The molecular weight excluding hydrogens is 340 g/mol. The van der Waals surface area contributed by atoms with Gasteiger partial charge < -0.3 is 14.9 Å². The molecule has 7 nitrogen and oxygen atoms in total. The zero-order chi connectivity index (χ0) is 18.6. The van der Waals surface area contributed by atoms with Crippen molar-refractivity contribution < 1.29 is 34.1 Å². The average Bonchev–Trinajstić information content (AvgIpc) is 3.03. The van der Waals surface area contributed by atoms with Crippen molar-refractivity contribution >= 4 is 29.1 Å². The molecule has 0 radical (unpaired) electrons. The summed E-state index contributed by atoms with van der Waals surface area (Å²) < 4.78 is 4.95. The number of hydrogen-bond acceptors (Lipinski definition) is 7. The molecule has 0 unspecified atom stereocenters. The number of rotatable bonds is 1. The number of aliphatic hydroxyl groups is 1. The minimum absolute atomic E-state index is 0.0102. The van der Waals surface area contributed by atoms with Crippen LogP contribution in [0.15, 0.2) is 54.1 Å². The maximum Gasteiger partial charge on any atom is 0.381 e. The molecule has 1 saturated heterocycles. The van der Waals surface area contributed by atoms with Crippen LogP contribution in [0.3, 0.4) is 0 Å². The van der Waals surface area contributed by atoms with E-state index >= 15 is 0 Å². The largest absolute Gasteiger partial charge is 0.508 e. The van der Waals surface area contributed by atoms with Crippen LogP contribution >= 0.6 is 0 Å². The molecule has 0 bridgehead atoms. The fourth-order valence-electron chi connectivity index (χ4n) is 3.22. The van der Waals surface area contributed by atoms with Gasteiger partial charge in [0.2, 0.25) is 11.6 Å². The van der Waals surface area contributed by atoms with Crippen LogP contribution in [0.5, 0.6) is 5.75 Å². The number of aromatic hydroxyl groups is 1. The van der Waals surface area contributed by atoms with E-state index in [1.165, 1.54) is 48.5 Å². The molecule has 0 aromatic heterocycles. The first-order valence-electron chi connectivity index (χ1n) is 7.57. The molecule has 0 saturated carbocycles. The van der Waals surface area contributed by atoms with Crippen LogP contribution in [0.1, 0.15) is 26.3 Å². The first-order valence-corrected chi connectivity index (χ1v) is 7.57. The highest BCUT2D eigenvalue weighted by Gasteiger charge is 2.67. The van der Waals surface area contributed by atoms with E-state index in [4.69, 9.17) is 4.74 Å². The number of ketones is 3. The van der Waals surface area contributed by atoms with Crippen LogP contribution in [-0.2, 0) is 14.3 Å². The number of aliphatic hydroxyl groups excluding tert-OH is 1. The Bertz CT molecular complexity index is 1010. The van der Waals surface area contributed by atoms with Crippen molar-refractivity contribution in [1.82, 2.24) is 0 Å². The first-order chi connectivity index (χ1) is 12.4. The lowest BCUT2D eigenvalue weighted by molar-refractivity contribution is -0.149. The Labute approximate surface area is 146 Å². The topological polar surface area (TPSA) is 118 Å². The summed E-state index contributed by atoms with van der Waals surface area (Å²) in [6, 6.07) is 10.9. The minimum Gasteiger partial charge on any atom is -0.508 e. The van der Waals surface area contributed by atoms with E-state index in [1.807, 2.05) is 0 Å². The van der Waals surface area contributed by atoms with Gasteiger partial charge in [-0.3, -0.25) is 14.4 Å². The highest BCUT2D eigenvalue weighted by molar-refractivity contribution is 6.52. The normalized spacial score (nSPS) is 19.7. The van der Waals surface area contributed by atoms with Crippen molar-refractivity contribution in [2.24, 2.45) is 0 Å². The maximum atomic E-state index is 12.9. The predicted octanol–water partition coefficient (Wildman–Crippen LogP) is 1.61. The Morgan fingerprint density at radius 3 is 1.92 bits per heavy atom. The summed E-state index contributed by atoms with van der Waals surface area (Å²) in [5.74, 6) is -5.22. The van der Waals surface area contributed by atoms with Gasteiger partial charge in [-0.15, -0.1) is 0 Å². The summed E-state index contributed by atoms with van der Waals surface area (Å²) in [5.41, 5.74) is -3.16. The fourth-order valence-corrected chi connectivity index (χ4v) is 3.22. The molecule has 0 atom stereocenters. The van der Waals surface area contributed by atoms with Crippen LogP contribution in [0, 0.1) is 0 Å². The summed E-state index contributed by atoms with van der Waals surface area (Å²) in [4.78, 5) is 50.0. The zero-order valence-corrected chi connectivity index (χ0v) is 13.1. The fraction of sp³-hybridized carbons (Fsp3) is 0.0526. The summed E-state index contributed by atoms with van der Waals surface area (Å²) >= 11 is 0. The Morgan fingerprint density at radius 1 is 0.846 bits per heavy atom. The number of esters is 1. The van der Waals surface area contributed by atoms with E-state index in [0.29, 0.717) is 0 Å². The van der Waals surface area contributed by atoms with E-state index in [2.05, 4.69) is 0 Å². The first kappa shape index (κ1) is 15.8. The van der Waals surface area contributed by atoms with Gasteiger partial charge >= 0.3 is 5.97 Å². The van der Waals surface area contributed by atoms with Gasteiger partial charge in [-0.2, -0.15) is 0 Å². The molecule has 0 amide bonds. The number of hydrogen-bond donors (Lipinski definition) is 2.